The second kappa shape index (κ2) is 6.58. The Morgan fingerprint density at radius 3 is 2.61 bits per heavy atom. The molecule has 3 N–H and O–H groups in total. The SMILES string of the molecule is CN(CC/C(N)=N/O)C(=O)Cc1ccc(F)cc1. The van der Waals surface area contributed by atoms with E-state index in [1.165, 1.54) is 17.0 Å². The third-order valence-corrected chi connectivity index (χ3v) is 2.53. The molecule has 5 nitrogen and oxygen atoms in total. The lowest BCUT2D eigenvalue weighted by molar-refractivity contribution is -0.129. The van der Waals surface area contributed by atoms with E-state index in [9.17, 15) is 9.18 Å². The molecule has 0 aliphatic carbocycles. The molecular formula is C12H16FN3O2. The fourth-order valence-electron chi connectivity index (χ4n) is 1.37. The van der Waals surface area contributed by atoms with E-state index >= 15 is 0 Å². The minimum atomic E-state index is -0.327. The highest BCUT2D eigenvalue weighted by atomic mass is 19.1. The van der Waals surface area contributed by atoms with Crippen LogP contribution in [0.25, 0.3) is 0 Å². The number of halogens is 1. The molecule has 0 spiro atoms. The van der Waals surface area contributed by atoms with Crippen LogP contribution in [-0.4, -0.2) is 35.4 Å². The van der Waals surface area contributed by atoms with Crippen molar-refractivity contribution in [2.75, 3.05) is 13.6 Å². The van der Waals surface area contributed by atoms with Crippen LogP contribution in [0.5, 0.6) is 0 Å². The van der Waals surface area contributed by atoms with E-state index in [0.717, 1.165) is 5.56 Å². The average molecular weight is 253 g/mol. The highest BCUT2D eigenvalue weighted by Crippen LogP contribution is 2.05. The Labute approximate surface area is 105 Å². The fourth-order valence-corrected chi connectivity index (χ4v) is 1.37. The van der Waals surface area contributed by atoms with Gasteiger partial charge >= 0.3 is 0 Å². The molecule has 98 valence electrons. The lowest BCUT2D eigenvalue weighted by Crippen LogP contribution is -2.31. The largest absolute Gasteiger partial charge is 0.409 e. The summed E-state index contributed by atoms with van der Waals surface area (Å²) < 4.78 is 12.7. The molecule has 1 aromatic carbocycles. The molecule has 0 aliphatic rings. The topological polar surface area (TPSA) is 78.9 Å². The van der Waals surface area contributed by atoms with Crippen LogP contribution >= 0.6 is 0 Å². The molecule has 1 aromatic rings. The van der Waals surface area contributed by atoms with Gasteiger partial charge in [0.05, 0.1) is 6.42 Å². The third-order valence-electron chi connectivity index (χ3n) is 2.53. The normalized spacial score (nSPS) is 11.3. The first-order valence-electron chi connectivity index (χ1n) is 5.47. The van der Waals surface area contributed by atoms with E-state index in [1.807, 2.05) is 0 Å². The first-order valence-corrected chi connectivity index (χ1v) is 5.47. The zero-order valence-corrected chi connectivity index (χ0v) is 10.1. The van der Waals surface area contributed by atoms with E-state index in [1.54, 1.807) is 19.2 Å². The number of benzene rings is 1. The van der Waals surface area contributed by atoms with Gasteiger partial charge in [-0.25, -0.2) is 4.39 Å². The predicted molar refractivity (Wildman–Crippen MR) is 65.8 cm³/mol. The Morgan fingerprint density at radius 1 is 1.44 bits per heavy atom. The number of rotatable bonds is 5. The van der Waals surface area contributed by atoms with Gasteiger partial charge in [0.2, 0.25) is 5.91 Å². The molecule has 0 heterocycles. The standard InChI is InChI=1S/C12H16FN3O2/c1-16(7-6-11(14)15-18)12(17)8-9-2-4-10(13)5-3-9/h2-5,18H,6-8H2,1H3,(H2,14,15). The van der Waals surface area contributed by atoms with Crippen molar-refractivity contribution >= 4 is 11.7 Å². The van der Waals surface area contributed by atoms with Crippen molar-refractivity contribution in [1.82, 2.24) is 4.90 Å². The Hall–Kier alpha value is -2.11. The minimum absolute atomic E-state index is 0.0800. The van der Waals surface area contributed by atoms with Crippen molar-refractivity contribution in [2.45, 2.75) is 12.8 Å². The molecule has 0 saturated heterocycles. The molecule has 0 saturated carbocycles. The Kier molecular flexibility index (Phi) is 5.10. The van der Waals surface area contributed by atoms with E-state index in [2.05, 4.69) is 5.16 Å². The smallest absolute Gasteiger partial charge is 0.226 e. The molecule has 0 atom stereocenters. The quantitative estimate of drug-likeness (QED) is 0.355. The van der Waals surface area contributed by atoms with Crippen LogP contribution in [0.4, 0.5) is 4.39 Å². The third kappa shape index (κ3) is 4.40. The number of hydrogen-bond acceptors (Lipinski definition) is 3. The van der Waals surface area contributed by atoms with Crippen LogP contribution in [0.3, 0.4) is 0 Å². The number of nitrogens with two attached hydrogens (primary N) is 1. The highest BCUT2D eigenvalue weighted by Gasteiger charge is 2.10. The van der Waals surface area contributed by atoms with E-state index in [4.69, 9.17) is 10.9 Å². The lowest BCUT2D eigenvalue weighted by atomic mass is 10.1. The van der Waals surface area contributed by atoms with Gasteiger partial charge in [-0.1, -0.05) is 17.3 Å². The second-order valence-electron chi connectivity index (χ2n) is 3.96. The molecule has 0 bridgehead atoms. The summed E-state index contributed by atoms with van der Waals surface area (Å²) in [5.41, 5.74) is 6.06. The molecule has 1 amide bonds. The van der Waals surface area contributed by atoms with Crippen molar-refractivity contribution in [1.29, 1.82) is 0 Å². The van der Waals surface area contributed by atoms with Gasteiger partial charge in [-0.15, -0.1) is 0 Å². The first-order chi connectivity index (χ1) is 8.52. The number of carbonyl (C=O) groups excluding carboxylic acids is 1. The maximum atomic E-state index is 12.7. The maximum Gasteiger partial charge on any atom is 0.226 e. The van der Waals surface area contributed by atoms with Gasteiger partial charge in [-0.3, -0.25) is 4.79 Å². The Bertz CT molecular complexity index is 431. The minimum Gasteiger partial charge on any atom is -0.409 e. The summed E-state index contributed by atoms with van der Waals surface area (Å²) in [5, 5.41) is 11.2. The zero-order chi connectivity index (χ0) is 13.5. The van der Waals surface area contributed by atoms with Crippen molar-refractivity contribution in [3.8, 4) is 0 Å². The molecule has 0 fully saturated rings. The number of oxime groups is 1. The molecule has 1 rings (SSSR count). The molecule has 0 unspecified atom stereocenters. The van der Waals surface area contributed by atoms with Gasteiger partial charge in [0.1, 0.15) is 11.7 Å². The number of nitrogens with zero attached hydrogens (tertiary/aromatic N) is 2. The van der Waals surface area contributed by atoms with Crippen molar-refractivity contribution < 1.29 is 14.4 Å². The van der Waals surface area contributed by atoms with Crippen LogP contribution in [0.15, 0.2) is 29.4 Å². The summed E-state index contributed by atoms with van der Waals surface area (Å²) in [6, 6.07) is 5.78. The Morgan fingerprint density at radius 2 is 2.06 bits per heavy atom. The summed E-state index contributed by atoms with van der Waals surface area (Å²) in [6.07, 6.45) is 0.509. The summed E-state index contributed by atoms with van der Waals surface area (Å²) in [5.74, 6) is -0.352. The number of amides is 1. The second-order valence-corrected chi connectivity index (χ2v) is 3.96. The Balaban J connectivity index is 2.47. The van der Waals surface area contributed by atoms with Crippen LogP contribution < -0.4 is 5.73 Å². The number of amidine groups is 1. The zero-order valence-electron chi connectivity index (χ0n) is 10.1. The molecule has 0 aliphatic heterocycles. The van der Waals surface area contributed by atoms with Gasteiger partial charge in [0.25, 0.3) is 0 Å². The lowest BCUT2D eigenvalue weighted by Gasteiger charge is -2.16. The molecule has 0 aromatic heterocycles. The average Bonchev–Trinajstić information content (AvgIpc) is 2.38. The molecular weight excluding hydrogens is 237 g/mol. The first kappa shape index (κ1) is 14.0. The number of carbonyl (C=O) groups is 1. The predicted octanol–water partition coefficient (Wildman–Crippen LogP) is 0.963. The molecule has 18 heavy (non-hydrogen) atoms. The van der Waals surface area contributed by atoms with Crippen molar-refractivity contribution in [2.24, 2.45) is 10.9 Å². The number of likely N-dealkylation sites (N-methyl/N-ethyl adjacent to an activating group) is 1. The van der Waals surface area contributed by atoms with E-state index in [-0.39, 0.29) is 24.0 Å². The van der Waals surface area contributed by atoms with Gasteiger partial charge in [0, 0.05) is 20.0 Å². The van der Waals surface area contributed by atoms with E-state index < -0.39 is 0 Å². The molecule has 0 radical (unpaired) electrons. The van der Waals surface area contributed by atoms with Gasteiger partial charge < -0.3 is 15.8 Å². The summed E-state index contributed by atoms with van der Waals surface area (Å²) in [7, 11) is 1.64. The van der Waals surface area contributed by atoms with Crippen LogP contribution in [0.1, 0.15) is 12.0 Å². The van der Waals surface area contributed by atoms with Crippen molar-refractivity contribution in [3.05, 3.63) is 35.6 Å². The van der Waals surface area contributed by atoms with Gasteiger partial charge in [-0.2, -0.15) is 0 Å². The molecule has 6 heteroatoms. The number of hydrogen-bond donors (Lipinski definition) is 2. The monoisotopic (exact) mass is 253 g/mol. The van der Waals surface area contributed by atoms with Crippen LogP contribution in [-0.2, 0) is 11.2 Å². The van der Waals surface area contributed by atoms with Crippen LogP contribution in [0.2, 0.25) is 0 Å². The van der Waals surface area contributed by atoms with Crippen LogP contribution in [0, 0.1) is 5.82 Å². The summed E-state index contributed by atoms with van der Waals surface area (Å²) in [6.45, 7) is 0.371. The van der Waals surface area contributed by atoms with E-state index in [0.29, 0.717) is 13.0 Å². The van der Waals surface area contributed by atoms with Gasteiger partial charge in [0.15, 0.2) is 0 Å². The highest BCUT2D eigenvalue weighted by molar-refractivity contribution is 5.82. The summed E-state index contributed by atoms with van der Waals surface area (Å²) >= 11 is 0. The maximum absolute atomic E-state index is 12.7. The van der Waals surface area contributed by atoms with Crippen molar-refractivity contribution in [3.63, 3.8) is 0 Å². The fraction of sp³-hybridized carbons (Fsp3) is 0.333. The summed E-state index contributed by atoms with van der Waals surface area (Å²) in [4.78, 5) is 13.3. The van der Waals surface area contributed by atoms with Gasteiger partial charge in [-0.05, 0) is 17.7 Å².